The van der Waals surface area contributed by atoms with Crippen LogP contribution in [0.4, 0.5) is 5.69 Å². The molecule has 1 unspecified atom stereocenters. The molecule has 0 bridgehead atoms. The first-order valence-electron chi connectivity index (χ1n) is 11.0. The quantitative estimate of drug-likeness (QED) is 0.431. The van der Waals surface area contributed by atoms with Crippen molar-refractivity contribution in [1.29, 1.82) is 0 Å². The number of anilines is 1. The summed E-state index contributed by atoms with van der Waals surface area (Å²) in [5.74, 6) is -0.369. The number of nitrogens with one attached hydrogen (secondary N) is 1. The minimum absolute atomic E-state index is 0.0623. The fraction of sp³-hybridized carbons (Fsp3) is 0.478. The van der Waals surface area contributed by atoms with Crippen molar-refractivity contribution >= 4 is 34.9 Å². The molecule has 1 aromatic carbocycles. The van der Waals surface area contributed by atoms with E-state index in [4.69, 9.17) is 16.2 Å². The van der Waals surface area contributed by atoms with Gasteiger partial charge in [0.15, 0.2) is 5.69 Å². The standard InChI is InChI=1S/C23H33N5O4S/c1-5-6-17(22(30)26-12-11-14(2)3)28(13-15-7-9-16(32-4)10-8-15)23(31)20-18(24)19(21(25)29)27-33-20/h7-10,14,17H,5-6,11-13,24H2,1-4H3,(H2,25,29)(H,26,30). The normalized spacial score (nSPS) is 11.8. The Bertz CT molecular complexity index is 958. The SMILES string of the molecule is CCCC(C(=O)NCCC(C)C)N(Cc1ccc(OC)cc1)C(=O)c1snc(C(N)=O)c1N. The molecule has 33 heavy (non-hydrogen) atoms. The lowest BCUT2D eigenvalue weighted by molar-refractivity contribution is -0.126. The summed E-state index contributed by atoms with van der Waals surface area (Å²) in [5, 5.41) is 2.96. The van der Waals surface area contributed by atoms with Crippen LogP contribution in [0.2, 0.25) is 0 Å². The van der Waals surface area contributed by atoms with Gasteiger partial charge in [0, 0.05) is 13.1 Å². The zero-order valence-corrected chi connectivity index (χ0v) is 20.4. The molecule has 180 valence electrons. The molecule has 0 spiro atoms. The number of benzene rings is 1. The van der Waals surface area contributed by atoms with Gasteiger partial charge in [0.05, 0.1) is 12.8 Å². The Hall–Kier alpha value is -3.14. The van der Waals surface area contributed by atoms with Gasteiger partial charge in [0.2, 0.25) is 5.91 Å². The highest BCUT2D eigenvalue weighted by molar-refractivity contribution is 7.09. The zero-order valence-electron chi connectivity index (χ0n) is 19.6. The van der Waals surface area contributed by atoms with Crippen molar-refractivity contribution in [2.24, 2.45) is 11.7 Å². The summed E-state index contributed by atoms with van der Waals surface area (Å²) >= 11 is 0.808. The highest BCUT2D eigenvalue weighted by Crippen LogP contribution is 2.26. The third kappa shape index (κ3) is 6.92. The molecule has 1 atom stereocenters. The second kappa shape index (κ2) is 12.2. The van der Waals surface area contributed by atoms with E-state index in [2.05, 4.69) is 23.5 Å². The number of methoxy groups -OCH3 is 1. The van der Waals surface area contributed by atoms with Gasteiger partial charge in [-0.2, -0.15) is 4.37 Å². The molecule has 5 N–H and O–H groups in total. The molecular formula is C23H33N5O4S. The number of primary amides is 1. The van der Waals surface area contributed by atoms with Crippen molar-refractivity contribution < 1.29 is 19.1 Å². The van der Waals surface area contributed by atoms with E-state index in [1.54, 1.807) is 19.2 Å². The smallest absolute Gasteiger partial charge is 0.270 e. The Balaban J connectivity index is 2.40. The number of amides is 3. The van der Waals surface area contributed by atoms with Crippen molar-refractivity contribution in [1.82, 2.24) is 14.6 Å². The summed E-state index contributed by atoms with van der Waals surface area (Å²) in [6.07, 6.45) is 2.00. The third-order valence-electron chi connectivity index (χ3n) is 5.19. The molecule has 1 aromatic heterocycles. The maximum Gasteiger partial charge on any atom is 0.270 e. The van der Waals surface area contributed by atoms with E-state index in [0.29, 0.717) is 31.1 Å². The van der Waals surface area contributed by atoms with Gasteiger partial charge in [-0.15, -0.1) is 0 Å². The summed E-state index contributed by atoms with van der Waals surface area (Å²) in [6.45, 7) is 6.82. The van der Waals surface area contributed by atoms with Gasteiger partial charge >= 0.3 is 0 Å². The van der Waals surface area contributed by atoms with Crippen LogP contribution in [-0.4, -0.2) is 46.7 Å². The van der Waals surface area contributed by atoms with Crippen molar-refractivity contribution in [3.8, 4) is 5.75 Å². The molecule has 0 fully saturated rings. The minimum atomic E-state index is -0.805. The highest BCUT2D eigenvalue weighted by atomic mass is 32.1. The average Bonchev–Trinajstić information content (AvgIpc) is 3.17. The molecule has 2 aromatic rings. The third-order valence-corrected chi connectivity index (χ3v) is 6.04. The largest absolute Gasteiger partial charge is 0.497 e. The number of carbonyl (C=O) groups is 3. The Morgan fingerprint density at radius 1 is 1.18 bits per heavy atom. The number of nitrogens with zero attached hydrogens (tertiary/aromatic N) is 2. The number of hydrogen-bond donors (Lipinski definition) is 3. The molecule has 0 aliphatic heterocycles. The lowest BCUT2D eigenvalue weighted by Gasteiger charge is -2.31. The molecule has 0 radical (unpaired) electrons. The van der Waals surface area contributed by atoms with Gasteiger partial charge in [0.1, 0.15) is 16.7 Å². The maximum absolute atomic E-state index is 13.6. The van der Waals surface area contributed by atoms with E-state index in [9.17, 15) is 14.4 Å². The summed E-state index contributed by atoms with van der Waals surface area (Å²) in [7, 11) is 1.58. The number of aromatic nitrogens is 1. The molecule has 10 heteroatoms. The van der Waals surface area contributed by atoms with Crippen LogP contribution in [0.15, 0.2) is 24.3 Å². The highest BCUT2D eigenvalue weighted by Gasteiger charge is 2.33. The molecule has 0 saturated carbocycles. The predicted octanol–water partition coefficient (Wildman–Crippen LogP) is 2.81. The molecule has 0 aliphatic rings. The first-order valence-corrected chi connectivity index (χ1v) is 11.7. The molecular weight excluding hydrogens is 442 g/mol. The first-order chi connectivity index (χ1) is 15.7. The van der Waals surface area contributed by atoms with Crippen molar-refractivity contribution in [2.45, 2.75) is 52.6 Å². The summed E-state index contributed by atoms with van der Waals surface area (Å²) in [5.41, 5.74) is 12.0. The van der Waals surface area contributed by atoms with Crippen LogP contribution in [-0.2, 0) is 11.3 Å². The average molecular weight is 476 g/mol. The molecule has 1 heterocycles. The van der Waals surface area contributed by atoms with Gasteiger partial charge in [-0.3, -0.25) is 14.4 Å². The Morgan fingerprint density at radius 3 is 2.36 bits per heavy atom. The topological polar surface area (TPSA) is 141 Å². The van der Waals surface area contributed by atoms with E-state index in [1.807, 2.05) is 19.1 Å². The van der Waals surface area contributed by atoms with Crippen LogP contribution in [0, 0.1) is 5.92 Å². The molecule has 2 rings (SSSR count). The summed E-state index contributed by atoms with van der Waals surface area (Å²) < 4.78 is 9.15. The number of carbonyl (C=O) groups excluding carboxylic acids is 3. The number of hydrogen-bond acceptors (Lipinski definition) is 7. The van der Waals surface area contributed by atoms with Crippen LogP contribution in [0.25, 0.3) is 0 Å². The molecule has 9 nitrogen and oxygen atoms in total. The lowest BCUT2D eigenvalue weighted by Crippen LogP contribution is -2.49. The van der Waals surface area contributed by atoms with Crippen LogP contribution in [0.1, 0.15) is 65.8 Å². The Kier molecular flexibility index (Phi) is 9.65. The predicted molar refractivity (Wildman–Crippen MR) is 129 cm³/mol. The van der Waals surface area contributed by atoms with E-state index < -0.39 is 17.9 Å². The second-order valence-corrected chi connectivity index (χ2v) is 8.97. The monoisotopic (exact) mass is 475 g/mol. The van der Waals surface area contributed by atoms with Crippen LogP contribution >= 0.6 is 11.5 Å². The van der Waals surface area contributed by atoms with E-state index in [-0.39, 0.29) is 28.7 Å². The van der Waals surface area contributed by atoms with Gasteiger partial charge in [-0.25, -0.2) is 0 Å². The summed E-state index contributed by atoms with van der Waals surface area (Å²) in [4.78, 5) is 39.9. The number of rotatable bonds is 12. The number of nitrogen functional groups attached to an aromatic ring is 1. The number of ether oxygens (including phenoxy) is 1. The van der Waals surface area contributed by atoms with E-state index >= 15 is 0 Å². The Morgan fingerprint density at radius 2 is 1.85 bits per heavy atom. The zero-order chi connectivity index (χ0) is 24.5. The van der Waals surface area contributed by atoms with Gasteiger partial charge < -0.3 is 26.4 Å². The number of nitrogens with two attached hydrogens (primary N) is 2. The van der Waals surface area contributed by atoms with Crippen molar-refractivity contribution in [2.75, 3.05) is 19.4 Å². The van der Waals surface area contributed by atoms with Crippen LogP contribution in [0.3, 0.4) is 0 Å². The van der Waals surface area contributed by atoms with Gasteiger partial charge in [-0.1, -0.05) is 39.3 Å². The fourth-order valence-electron chi connectivity index (χ4n) is 3.31. The maximum atomic E-state index is 13.6. The Labute approximate surface area is 198 Å². The lowest BCUT2D eigenvalue weighted by atomic mass is 10.1. The van der Waals surface area contributed by atoms with Crippen molar-refractivity contribution in [3.63, 3.8) is 0 Å². The van der Waals surface area contributed by atoms with Gasteiger partial charge in [-0.05, 0) is 48.0 Å². The van der Waals surface area contributed by atoms with E-state index in [0.717, 1.165) is 23.5 Å². The van der Waals surface area contributed by atoms with Crippen molar-refractivity contribution in [3.05, 3.63) is 40.4 Å². The molecule has 3 amide bonds. The van der Waals surface area contributed by atoms with Crippen LogP contribution in [0.5, 0.6) is 5.75 Å². The fourth-order valence-corrected chi connectivity index (χ4v) is 4.08. The van der Waals surface area contributed by atoms with E-state index in [1.165, 1.54) is 4.90 Å². The summed E-state index contributed by atoms with van der Waals surface area (Å²) in [6, 6.07) is 6.55. The van der Waals surface area contributed by atoms with Gasteiger partial charge in [0.25, 0.3) is 11.8 Å². The molecule has 0 aliphatic carbocycles. The first kappa shape index (κ1) is 26.1. The molecule has 0 saturated heterocycles. The second-order valence-electron chi connectivity index (χ2n) is 8.20. The minimum Gasteiger partial charge on any atom is -0.497 e. The van der Waals surface area contributed by atoms with Crippen LogP contribution < -0.4 is 21.5 Å².